The van der Waals surface area contributed by atoms with E-state index in [-0.39, 0.29) is 24.7 Å². The molecule has 0 radical (unpaired) electrons. The molecule has 2 amide bonds. The number of carbonyl (C=O) groups is 2. The zero-order chi connectivity index (χ0) is 25.7. The first-order valence-electron chi connectivity index (χ1n) is 11.4. The molecule has 2 aromatic heterocycles. The Bertz CT molecular complexity index is 1380. The third-order valence-corrected chi connectivity index (χ3v) is 5.00. The van der Waals surface area contributed by atoms with Gasteiger partial charge in [-0.2, -0.15) is 4.98 Å². The Morgan fingerprint density at radius 3 is 2.47 bits per heavy atom. The van der Waals surface area contributed by atoms with Gasteiger partial charge in [0, 0.05) is 36.1 Å². The summed E-state index contributed by atoms with van der Waals surface area (Å²) in [7, 11) is 0. The van der Waals surface area contributed by atoms with E-state index in [1.807, 2.05) is 18.2 Å². The molecule has 4 N–H and O–H groups in total. The van der Waals surface area contributed by atoms with Crippen molar-refractivity contribution in [2.45, 2.75) is 26.4 Å². The molecule has 0 unspecified atom stereocenters. The summed E-state index contributed by atoms with van der Waals surface area (Å²) < 4.78 is 6.81. The zero-order valence-electron chi connectivity index (χ0n) is 20.3. The van der Waals surface area contributed by atoms with Crippen LogP contribution in [-0.2, 0) is 4.74 Å². The molecule has 4 aromatic rings. The molecule has 0 aliphatic rings. The molecule has 2 heterocycles. The Balaban J connectivity index is 1.35. The van der Waals surface area contributed by atoms with E-state index in [1.54, 1.807) is 73.9 Å². The van der Waals surface area contributed by atoms with Gasteiger partial charge in [-0.1, -0.05) is 12.1 Å². The number of fused-ring (bicyclic) bond motifs is 1. The van der Waals surface area contributed by atoms with Crippen molar-refractivity contribution in [1.29, 1.82) is 0 Å². The second kappa shape index (κ2) is 10.3. The van der Waals surface area contributed by atoms with Gasteiger partial charge in [0.25, 0.3) is 5.91 Å². The van der Waals surface area contributed by atoms with Crippen LogP contribution in [0.1, 0.15) is 31.1 Å². The summed E-state index contributed by atoms with van der Waals surface area (Å²) in [4.78, 5) is 28.6. The van der Waals surface area contributed by atoms with Gasteiger partial charge in [0.2, 0.25) is 5.95 Å². The second-order valence-corrected chi connectivity index (χ2v) is 9.06. The number of nitrogens with zero attached hydrogens (tertiary/aromatic N) is 3. The number of benzene rings is 2. The van der Waals surface area contributed by atoms with Gasteiger partial charge in [-0.25, -0.2) is 9.31 Å². The number of amides is 2. The number of ether oxygens (including phenoxy) is 1. The molecular weight excluding hydrogens is 460 g/mol. The van der Waals surface area contributed by atoms with Gasteiger partial charge in [0.15, 0.2) is 5.65 Å². The minimum Gasteiger partial charge on any atom is -0.508 e. The largest absolute Gasteiger partial charge is 0.508 e. The smallest absolute Gasteiger partial charge is 0.407 e. The SMILES string of the molecule is CC(C)(C)OC(=O)NCCNC(=O)c1ccc(Nc2nc3c(-c4cccc(O)c4)cccn3n2)cc1. The van der Waals surface area contributed by atoms with Gasteiger partial charge in [-0.3, -0.25) is 4.79 Å². The maximum Gasteiger partial charge on any atom is 0.407 e. The number of pyridine rings is 1. The fraction of sp³-hybridized carbons (Fsp3) is 0.231. The molecule has 186 valence electrons. The number of nitrogens with one attached hydrogen (secondary N) is 3. The number of aromatic nitrogens is 3. The number of phenols is 1. The predicted octanol–water partition coefficient (Wildman–Crippen LogP) is 4.10. The van der Waals surface area contributed by atoms with Crippen LogP contribution in [0.2, 0.25) is 0 Å². The van der Waals surface area contributed by atoms with Crippen molar-refractivity contribution in [1.82, 2.24) is 25.2 Å². The van der Waals surface area contributed by atoms with Crippen molar-refractivity contribution < 1.29 is 19.4 Å². The Hall–Kier alpha value is -4.60. The number of anilines is 2. The van der Waals surface area contributed by atoms with E-state index in [0.29, 0.717) is 22.8 Å². The van der Waals surface area contributed by atoms with Crippen LogP contribution in [0.5, 0.6) is 5.75 Å². The third-order valence-electron chi connectivity index (χ3n) is 5.00. The first kappa shape index (κ1) is 24.5. The number of hydrogen-bond donors (Lipinski definition) is 4. The highest BCUT2D eigenvalue weighted by Crippen LogP contribution is 2.27. The number of hydrogen-bond acceptors (Lipinski definition) is 7. The first-order valence-corrected chi connectivity index (χ1v) is 11.4. The van der Waals surface area contributed by atoms with Gasteiger partial charge in [-0.15, -0.1) is 5.10 Å². The van der Waals surface area contributed by atoms with E-state index >= 15 is 0 Å². The molecule has 36 heavy (non-hydrogen) atoms. The van der Waals surface area contributed by atoms with E-state index in [9.17, 15) is 14.7 Å². The van der Waals surface area contributed by atoms with Crippen molar-refractivity contribution in [3.8, 4) is 16.9 Å². The lowest BCUT2D eigenvalue weighted by molar-refractivity contribution is 0.0526. The van der Waals surface area contributed by atoms with E-state index < -0.39 is 11.7 Å². The minimum absolute atomic E-state index is 0.177. The summed E-state index contributed by atoms with van der Waals surface area (Å²) >= 11 is 0. The van der Waals surface area contributed by atoms with E-state index in [1.165, 1.54) is 0 Å². The number of rotatable bonds is 7. The number of aromatic hydroxyl groups is 1. The number of phenolic OH excluding ortho intramolecular Hbond substituents is 1. The highest BCUT2D eigenvalue weighted by atomic mass is 16.6. The summed E-state index contributed by atoms with van der Waals surface area (Å²) in [6, 6.07) is 17.6. The molecule has 0 bridgehead atoms. The van der Waals surface area contributed by atoms with Crippen LogP contribution < -0.4 is 16.0 Å². The van der Waals surface area contributed by atoms with Crippen LogP contribution in [0.15, 0.2) is 66.9 Å². The number of alkyl carbamates (subject to hydrolysis) is 1. The average Bonchev–Trinajstić information content (AvgIpc) is 3.23. The fourth-order valence-electron chi connectivity index (χ4n) is 3.45. The van der Waals surface area contributed by atoms with Crippen molar-refractivity contribution in [2.75, 3.05) is 18.4 Å². The van der Waals surface area contributed by atoms with Gasteiger partial charge in [-0.05, 0) is 74.9 Å². The Morgan fingerprint density at radius 2 is 1.75 bits per heavy atom. The first-order chi connectivity index (χ1) is 17.2. The summed E-state index contributed by atoms with van der Waals surface area (Å²) in [6.45, 7) is 5.88. The monoisotopic (exact) mass is 488 g/mol. The zero-order valence-corrected chi connectivity index (χ0v) is 20.3. The van der Waals surface area contributed by atoms with E-state index in [2.05, 4.69) is 26.0 Å². The molecule has 10 heteroatoms. The summed E-state index contributed by atoms with van der Waals surface area (Å²) in [6.07, 6.45) is 1.27. The topological polar surface area (TPSA) is 130 Å². The molecule has 0 aliphatic heterocycles. The highest BCUT2D eigenvalue weighted by molar-refractivity contribution is 5.94. The lowest BCUT2D eigenvalue weighted by atomic mass is 10.1. The van der Waals surface area contributed by atoms with Gasteiger partial charge in [0.1, 0.15) is 11.4 Å². The van der Waals surface area contributed by atoms with Crippen LogP contribution >= 0.6 is 0 Å². The third kappa shape index (κ3) is 6.29. The molecule has 0 fully saturated rings. The fourth-order valence-corrected chi connectivity index (χ4v) is 3.45. The molecular formula is C26H28N6O4. The summed E-state index contributed by atoms with van der Waals surface area (Å²) in [5.74, 6) is 0.318. The van der Waals surface area contributed by atoms with Crippen molar-refractivity contribution >= 4 is 29.3 Å². The van der Waals surface area contributed by atoms with Gasteiger partial charge < -0.3 is 25.8 Å². The van der Waals surface area contributed by atoms with E-state index in [4.69, 9.17) is 4.74 Å². The lowest BCUT2D eigenvalue weighted by Crippen LogP contribution is -2.37. The summed E-state index contributed by atoms with van der Waals surface area (Å²) in [5.41, 5.74) is 2.93. The molecule has 4 rings (SSSR count). The quantitative estimate of drug-likeness (QED) is 0.288. The van der Waals surface area contributed by atoms with Gasteiger partial charge in [0.05, 0.1) is 0 Å². The molecule has 0 saturated carbocycles. The maximum atomic E-state index is 12.4. The Kier molecular flexibility index (Phi) is 7.05. The van der Waals surface area contributed by atoms with E-state index in [0.717, 1.165) is 11.1 Å². The van der Waals surface area contributed by atoms with Crippen LogP contribution in [0.25, 0.3) is 16.8 Å². The highest BCUT2D eigenvalue weighted by Gasteiger charge is 2.16. The van der Waals surface area contributed by atoms with Crippen molar-refractivity contribution in [3.05, 3.63) is 72.4 Å². The molecule has 0 aliphatic carbocycles. The summed E-state index contributed by atoms with van der Waals surface area (Å²) in [5, 5.41) is 22.8. The van der Waals surface area contributed by atoms with Crippen molar-refractivity contribution in [3.63, 3.8) is 0 Å². The minimum atomic E-state index is -0.573. The van der Waals surface area contributed by atoms with Crippen LogP contribution in [-0.4, -0.2) is 50.4 Å². The van der Waals surface area contributed by atoms with Crippen molar-refractivity contribution in [2.24, 2.45) is 0 Å². The molecule has 10 nitrogen and oxygen atoms in total. The standard InChI is InChI=1S/C26H28N6O4/c1-26(2,3)36-25(35)28-14-13-27-23(34)17-9-11-19(12-10-17)29-24-30-22-21(8-5-15-32(22)31-24)18-6-4-7-20(33)16-18/h4-12,15-16,33H,13-14H2,1-3H3,(H,27,34)(H,28,35)(H,29,31). The maximum absolute atomic E-state index is 12.4. The van der Waals surface area contributed by atoms with Crippen LogP contribution in [0.4, 0.5) is 16.4 Å². The average molecular weight is 489 g/mol. The normalized spacial score (nSPS) is 11.2. The molecule has 2 aromatic carbocycles. The number of carbonyl (C=O) groups excluding carboxylic acids is 2. The lowest BCUT2D eigenvalue weighted by Gasteiger charge is -2.19. The molecule has 0 saturated heterocycles. The Labute approximate surface area is 208 Å². The Morgan fingerprint density at radius 1 is 1.00 bits per heavy atom. The van der Waals surface area contributed by atoms with Gasteiger partial charge >= 0.3 is 6.09 Å². The predicted molar refractivity (Wildman–Crippen MR) is 136 cm³/mol. The molecule has 0 spiro atoms. The molecule has 0 atom stereocenters. The van der Waals surface area contributed by atoms with Crippen LogP contribution in [0.3, 0.4) is 0 Å². The van der Waals surface area contributed by atoms with Crippen LogP contribution in [0, 0.1) is 0 Å². The second-order valence-electron chi connectivity index (χ2n) is 9.06.